The van der Waals surface area contributed by atoms with Gasteiger partial charge in [0.1, 0.15) is 23.7 Å². The van der Waals surface area contributed by atoms with E-state index in [2.05, 4.69) is 5.32 Å². The van der Waals surface area contributed by atoms with Crippen molar-refractivity contribution in [2.45, 2.75) is 38.5 Å². The summed E-state index contributed by atoms with van der Waals surface area (Å²) in [6.07, 6.45) is 0.708. The first kappa shape index (κ1) is 19.1. The van der Waals surface area contributed by atoms with E-state index in [1.165, 1.54) is 0 Å². The highest BCUT2D eigenvalue weighted by Gasteiger charge is 2.34. The number of benzene rings is 3. The van der Waals surface area contributed by atoms with E-state index < -0.39 is 0 Å². The molecule has 1 N–H and O–H groups in total. The Morgan fingerprint density at radius 2 is 1.79 bits per heavy atom. The van der Waals surface area contributed by atoms with Gasteiger partial charge in [0.2, 0.25) is 0 Å². The molecule has 1 aliphatic heterocycles. The molecule has 29 heavy (non-hydrogen) atoms. The first-order valence-corrected chi connectivity index (χ1v) is 9.86. The van der Waals surface area contributed by atoms with Crippen LogP contribution in [-0.4, -0.2) is 11.5 Å². The highest BCUT2D eigenvalue weighted by atomic mass is 16.5. The van der Waals surface area contributed by atoms with Gasteiger partial charge in [0.05, 0.1) is 6.04 Å². The smallest absolute Gasteiger partial charge is 0.251 e. The first-order valence-electron chi connectivity index (χ1n) is 9.86. The number of rotatable bonds is 5. The van der Waals surface area contributed by atoms with Gasteiger partial charge in [-0.15, -0.1) is 0 Å². The lowest BCUT2D eigenvalue weighted by Gasteiger charge is -2.37. The third kappa shape index (κ3) is 4.60. The lowest BCUT2D eigenvalue weighted by molar-refractivity contribution is 0.0619. The van der Waals surface area contributed by atoms with E-state index in [0.717, 1.165) is 16.9 Å². The van der Waals surface area contributed by atoms with Crippen LogP contribution < -0.4 is 14.8 Å². The molecule has 0 fully saturated rings. The Morgan fingerprint density at radius 3 is 2.62 bits per heavy atom. The van der Waals surface area contributed by atoms with Crippen molar-refractivity contribution in [2.24, 2.45) is 0 Å². The Kier molecular flexibility index (Phi) is 5.26. The summed E-state index contributed by atoms with van der Waals surface area (Å²) >= 11 is 0. The van der Waals surface area contributed by atoms with Crippen molar-refractivity contribution in [3.05, 3.63) is 95.6 Å². The molecule has 0 spiro atoms. The van der Waals surface area contributed by atoms with Crippen LogP contribution in [0.25, 0.3) is 0 Å². The van der Waals surface area contributed by atoms with Crippen molar-refractivity contribution in [3.63, 3.8) is 0 Å². The van der Waals surface area contributed by atoms with E-state index in [1.807, 2.05) is 80.6 Å². The summed E-state index contributed by atoms with van der Waals surface area (Å²) in [5.41, 5.74) is 2.34. The van der Waals surface area contributed by atoms with Gasteiger partial charge in [0, 0.05) is 17.5 Å². The second kappa shape index (κ2) is 8.00. The Labute approximate surface area is 171 Å². The Hall–Kier alpha value is -3.27. The summed E-state index contributed by atoms with van der Waals surface area (Å²) in [5.74, 6) is 1.39. The number of hydrogen-bond acceptors (Lipinski definition) is 3. The quantitative estimate of drug-likeness (QED) is 0.646. The number of carbonyl (C=O) groups excluding carboxylic acids is 1. The number of para-hydroxylation sites is 1. The Morgan fingerprint density at radius 1 is 1.03 bits per heavy atom. The zero-order valence-corrected chi connectivity index (χ0v) is 16.7. The van der Waals surface area contributed by atoms with Crippen LogP contribution in [0.2, 0.25) is 0 Å². The Bertz CT molecular complexity index is 998. The minimum atomic E-state index is -0.340. The average molecular weight is 387 g/mol. The van der Waals surface area contributed by atoms with Gasteiger partial charge < -0.3 is 14.8 Å². The molecule has 1 heterocycles. The second-order valence-electron chi connectivity index (χ2n) is 7.93. The van der Waals surface area contributed by atoms with Gasteiger partial charge in [0.25, 0.3) is 5.91 Å². The van der Waals surface area contributed by atoms with Crippen molar-refractivity contribution < 1.29 is 14.3 Å². The monoisotopic (exact) mass is 387 g/mol. The molecule has 0 saturated carbocycles. The summed E-state index contributed by atoms with van der Waals surface area (Å²) < 4.78 is 11.9. The van der Waals surface area contributed by atoms with Crippen LogP contribution in [0.1, 0.15) is 47.8 Å². The lowest BCUT2D eigenvalue weighted by atomic mass is 9.89. The van der Waals surface area contributed by atoms with Crippen molar-refractivity contribution >= 4 is 5.91 Å². The van der Waals surface area contributed by atoms with E-state index in [9.17, 15) is 4.79 Å². The van der Waals surface area contributed by atoms with E-state index in [0.29, 0.717) is 24.3 Å². The maximum absolute atomic E-state index is 13.0. The average Bonchev–Trinajstić information content (AvgIpc) is 2.72. The van der Waals surface area contributed by atoms with Gasteiger partial charge in [-0.2, -0.15) is 0 Å². The Balaban J connectivity index is 1.47. The summed E-state index contributed by atoms with van der Waals surface area (Å²) in [6, 6.07) is 25.1. The zero-order valence-electron chi connectivity index (χ0n) is 16.7. The van der Waals surface area contributed by atoms with Crippen molar-refractivity contribution in [2.75, 3.05) is 0 Å². The lowest BCUT2D eigenvalue weighted by Crippen LogP contribution is -2.41. The fourth-order valence-corrected chi connectivity index (χ4v) is 3.64. The van der Waals surface area contributed by atoms with E-state index in [1.54, 1.807) is 12.1 Å². The highest BCUT2D eigenvalue weighted by molar-refractivity contribution is 5.94. The van der Waals surface area contributed by atoms with Crippen molar-refractivity contribution in [3.8, 4) is 11.5 Å². The predicted molar refractivity (Wildman–Crippen MR) is 113 cm³/mol. The molecular formula is C25H25NO3. The number of fused-ring (bicyclic) bond motifs is 1. The summed E-state index contributed by atoms with van der Waals surface area (Å²) in [4.78, 5) is 13.0. The van der Waals surface area contributed by atoms with E-state index in [4.69, 9.17) is 9.47 Å². The third-order valence-corrected chi connectivity index (χ3v) is 5.03. The summed E-state index contributed by atoms with van der Waals surface area (Å²) in [7, 11) is 0. The molecule has 4 heteroatoms. The third-order valence-electron chi connectivity index (χ3n) is 5.03. The predicted octanol–water partition coefficient (Wildman–Crippen LogP) is 5.30. The molecule has 3 aromatic rings. The molecule has 0 bridgehead atoms. The number of carbonyl (C=O) groups is 1. The molecule has 0 aliphatic carbocycles. The van der Waals surface area contributed by atoms with Gasteiger partial charge >= 0.3 is 0 Å². The van der Waals surface area contributed by atoms with Gasteiger partial charge in [-0.05, 0) is 43.7 Å². The molecule has 1 aliphatic rings. The largest absolute Gasteiger partial charge is 0.489 e. The molecule has 1 amide bonds. The fourth-order valence-electron chi connectivity index (χ4n) is 3.64. The van der Waals surface area contributed by atoms with Crippen LogP contribution in [0.15, 0.2) is 78.9 Å². The van der Waals surface area contributed by atoms with E-state index in [-0.39, 0.29) is 17.6 Å². The molecule has 1 atom stereocenters. The van der Waals surface area contributed by atoms with Gasteiger partial charge in [-0.3, -0.25) is 4.79 Å². The van der Waals surface area contributed by atoms with Gasteiger partial charge in [-0.1, -0.05) is 54.6 Å². The van der Waals surface area contributed by atoms with Crippen LogP contribution in [0, 0.1) is 0 Å². The molecule has 0 radical (unpaired) electrons. The minimum absolute atomic E-state index is 0.101. The van der Waals surface area contributed by atoms with Crippen molar-refractivity contribution in [1.82, 2.24) is 5.32 Å². The van der Waals surface area contributed by atoms with Crippen LogP contribution in [0.4, 0.5) is 0 Å². The maximum Gasteiger partial charge on any atom is 0.251 e. The van der Waals surface area contributed by atoms with Crippen molar-refractivity contribution in [1.29, 1.82) is 0 Å². The molecule has 3 aromatic carbocycles. The van der Waals surface area contributed by atoms with Crippen LogP contribution in [0.5, 0.6) is 11.5 Å². The van der Waals surface area contributed by atoms with Gasteiger partial charge in [0.15, 0.2) is 0 Å². The van der Waals surface area contributed by atoms with Crippen LogP contribution >= 0.6 is 0 Å². The number of nitrogens with one attached hydrogen (secondary N) is 1. The van der Waals surface area contributed by atoms with Gasteiger partial charge in [-0.25, -0.2) is 0 Å². The van der Waals surface area contributed by atoms with Crippen LogP contribution in [-0.2, 0) is 6.61 Å². The molecular weight excluding hydrogens is 362 g/mol. The number of amides is 1. The first-order chi connectivity index (χ1) is 14.0. The number of ether oxygens (including phenoxy) is 2. The minimum Gasteiger partial charge on any atom is -0.489 e. The van der Waals surface area contributed by atoms with Crippen LogP contribution in [0.3, 0.4) is 0 Å². The standard InChI is InChI=1S/C25H25NO3/c1-25(2)16-22(21-13-6-7-14-23(21)29-25)26-24(27)19-11-8-12-20(15-19)28-17-18-9-4-3-5-10-18/h3-15,22H,16-17H2,1-2H3,(H,26,27)/t22-/m1/s1. The molecule has 0 saturated heterocycles. The fraction of sp³-hybridized carbons (Fsp3) is 0.240. The molecule has 4 rings (SSSR count). The van der Waals surface area contributed by atoms with E-state index >= 15 is 0 Å². The molecule has 0 aromatic heterocycles. The zero-order chi connectivity index (χ0) is 20.3. The summed E-state index contributed by atoms with van der Waals surface area (Å²) in [5, 5.41) is 3.17. The maximum atomic E-state index is 13.0. The molecule has 148 valence electrons. The molecule has 0 unspecified atom stereocenters. The molecule has 4 nitrogen and oxygen atoms in total. The topological polar surface area (TPSA) is 47.6 Å². The normalized spacial score (nSPS) is 17.0. The highest BCUT2D eigenvalue weighted by Crippen LogP contribution is 2.39. The number of hydrogen-bond donors (Lipinski definition) is 1. The SMILES string of the molecule is CC1(C)C[C@@H](NC(=O)c2cccc(OCc3ccccc3)c2)c2ccccc2O1. The second-order valence-corrected chi connectivity index (χ2v) is 7.93. The summed E-state index contributed by atoms with van der Waals surface area (Å²) in [6.45, 7) is 4.55.